The minimum absolute atomic E-state index is 0.0460. The third-order valence-corrected chi connectivity index (χ3v) is 18.1. The van der Waals surface area contributed by atoms with Crippen LogP contribution in [0.5, 0.6) is 17.2 Å². The average Bonchev–Trinajstić information content (AvgIpc) is 0.836. The highest BCUT2D eigenvalue weighted by molar-refractivity contribution is 9.10. The molecule has 0 radical (unpaired) electrons. The third kappa shape index (κ3) is 26.3. The third-order valence-electron chi connectivity index (χ3n) is 17.8. The van der Waals surface area contributed by atoms with Crippen molar-refractivity contribution in [1.29, 1.82) is 0 Å². The molecule has 2 aliphatic rings. The van der Waals surface area contributed by atoms with Crippen LogP contribution in [0, 0.1) is 0 Å². The van der Waals surface area contributed by atoms with Crippen molar-refractivity contribution in [1.82, 2.24) is 15.3 Å². The summed E-state index contributed by atoms with van der Waals surface area (Å²) in [4.78, 5) is 84.8. The molecule has 14 heteroatoms. The van der Waals surface area contributed by atoms with Gasteiger partial charge in [0.25, 0.3) is 29.5 Å². The lowest BCUT2D eigenvalue weighted by Gasteiger charge is -2.31. The van der Waals surface area contributed by atoms with Crippen LogP contribution < -0.4 is 19.6 Å². The van der Waals surface area contributed by atoms with Crippen molar-refractivity contribution in [2.24, 2.45) is 0 Å². The Morgan fingerprint density at radius 3 is 0.989 bits per heavy atom. The van der Waals surface area contributed by atoms with Crippen molar-refractivity contribution in [2.45, 2.75) is 309 Å². The van der Waals surface area contributed by atoms with Gasteiger partial charge >= 0.3 is 5.97 Å². The molecular weight excluding hydrogens is 1180 g/mol. The second-order valence-corrected chi connectivity index (χ2v) is 27.9. The number of imide groups is 2. The summed E-state index contributed by atoms with van der Waals surface area (Å²) < 4.78 is 24.2. The normalized spacial score (nSPS) is 13.1. The van der Waals surface area contributed by atoms with Crippen molar-refractivity contribution in [3.05, 3.63) is 64.2 Å². The topological polar surface area (TPSA) is 158 Å². The van der Waals surface area contributed by atoms with E-state index in [1.807, 2.05) is 0 Å². The number of amides is 5. The molecule has 5 amide bonds. The van der Waals surface area contributed by atoms with E-state index >= 15 is 0 Å². The summed E-state index contributed by atoms with van der Waals surface area (Å²) >= 11 is 3.27. The van der Waals surface area contributed by atoms with Gasteiger partial charge in [-0.15, -0.1) is 0 Å². The first kappa shape index (κ1) is 74.7. The summed E-state index contributed by atoms with van der Waals surface area (Å²) in [6, 6.07) is 9.04. The fourth-order valence-corrected chi connectivity index (χ4v) is 12.4. The summed E-state index contributed by atoms with van der Waals surface area (Å²) in [5.74, 6) is -2.99. The molecule has 0 aromatic heterocycles. The van der Waals surface area contributed by atoms with Gasteiger partial charge in [0.05, 0.1) is 37.5 Å². The van der Waals surface area contributed by atoms with Crippen LogP contribution in [-0.4, -0.2) is 82.7 Å². The largest absolute Gasteiger partial charge is 0.490 e. The summed E-state index contributed by atoms with van der Waals surface area (Å²) in [6.45, 7) is 10.9. The molecule has 0 atom stereocenters. The minimum Gasteiger partial charge on any atom is -0.490 e. The van der Waals surface area contributed by atoms with E-state index in [1.54, 1.807) is 26.0 Å². The van der Waals surface area contributed by atoms with Gasteiger partial charge in [-0.05, 0) is 69.5 Å². The van der Waals surface area contributed by atoms with E-state index < -0.39 is 39.8 Å². The van der Waals surface area contributed by atoms with E-state index in [4.69, 9.17) is 18.9 Å². The van der Waals surface area contributed by atoms with Crippen LogP contribution in [0.3, 0.4) is 0 Å². The highest BCUT2D eigenvalue weighted by Crippen LogP contribution is 2.41. The Morgan fingerprint density at radius 2 is 0.685 bits per heavy atom. The highest BCUT2D eigenvalue weighted by atomic mass is 79.9. The van der Waals surface area contributed by atoms with E-state index in [1.165, 1.54) is 236 Å². The maximum atomic E-state index is 14.6. The number of halogens is 1. The van der Waals surface area contributed by atoms with Gasteiger partial charge in [-0.1, -0.05) is 287 Å². The van der Waals surface area contributed by atoms with Crippen molar-refractivity contribution in [3.63, 3.8) is 0 Å². The first-order valence-electron chi connectivity index (χ1n) is 35.9. The van der Waals surface area contributed by atoms with Gasteiger partial charge in [-0.3, -0.25) is 39.1 Å². The van der Waals surface area contributed by atoms with Crippen LogP contribution in [0.1, 0.15) is 356 Å². The zero-order valence-electron chi connectivity index (χ0n) is 56.1. The van der Waals surface area contributed by atoms with Gasteiger partial charge in [0.1, 0.15) is 10.9 Å². The SMILES string of the molecule is CCCCCCCCCCCCCCCCOc1cc(C(=O)NN2C(=O)c3ccc4c5c(ccc(c35)C2=O)C(=O)N(CCOC(=O)C(C)(C)Br)C4=O)cc(OCCCCCCCCCCCCCCCC)c1OCCCCCCCCCCCCCCCC. The Kier molecular flexibility index (Phi) is 36.7. The number of nitrogens with one attached hydrogen (secondary N) is 1. The number of carbonyl (C=O) groups excluding carboxylic acids is 6. The monoisotopic (exact) mass is 1300 g/mol. The van der Waals surface area contributed by atoms with Crippen LogP contribution in [0.15, 0.2) is 36.4 Å². The van der Waals surface area contributed by atoms with Crippen molar-refractivity contribution in [3.8, 4) is 17.2 Å². The lowest BCUT2D eigenvalue weighted by molar-refractivity contribution is -0.145. The number of carbonyl (C=O) groups is 6. The number of ether oxygens (including phenoxy) is 4. The van der Waals surface area contributed by atoms with Crippen LogP contribution in [0.2, 0.25) is 0 Å². The van der Waals surface area contributed by atoms with Gasteiger partial charge in [-0.25, -0.2) is 0 Å². The molecule has 3 aromatic carbocycles. The van der Waals surface area contributed by atoms with Crippen LogP contribution in [-0.2, 0) is 9.53 Å². The molecule has 0 bridgehead atoms. The number of rotatable bonds is 54. The molecular formula is C75H116BrN3O10. The van der Waals surface area contributed by atoms with Gasteiger partial charge in [0.2, 0.25) is 5.75 Å². The molecule has 498 valence electrons. The second kappa shape index (κ2) is 43.7. The fourth-order valence-electron chi connectivity index (χ4n) is 12.3. The fraction of sp³-hybridized carbons (Fsp3) is 0.707. The lowest BCUT2D eigenvalue weighted by atomic mass is 9.86. The van der Waals surface area contributed by atoms with Crippen LogP contribution in [0.25, 0.3) is 10.8 Å². The number of hydrogen-bond donors (Lipinski definition) is 1. The van der Waals surface area contributed by atoms with E-state index in [-0.39, 0.29) is 51.7 Å². The predicted molar refractivity (Wildman–Crippen MR) is 365 cm³/mol. The number of unbranched alkanes of at least 4 members (excludes halogenated alkanes) is 39. The maximum Gasteiger partial charge on any atom is 0.322 e. The molecule has 0 spiro atoms. The van der Waals surface area contributed by atoms with E-state index in [9.17, 15) is 28.8 Å². The van der Waals surface area contributed by atoms with Crippen LogP contribution >= 0.6 is 15.9 Å². The molecule has 2 heterocycles. The zero-order valence-corrected chi connectivity index (χ0v) is 57.6. The van der Waals surface area contributed by atoms with E-state index in [0.717, 1.165) is 62.7 Å². The minimum atomic E-state index is -0.955. The smallest absolute Gasteiger partial charge is 0.322 e. The Morgan fingerprint density at radius 1 is 0.404 bits per heavy atom. The predicted octanol–water partition coefficient (Wildman–Crippen LogP) is 20.7. The molecule has 89 heavy (non-hydrogen) atoms. The number of benzene rings is 3. The van der Waals surface area contributed by atoms with Crippen molar-refractivity contribution in [2.75, 3.05) is 33.0 Å². The molecule has 0 saturated carbocycles. The first-order chi connectivity index (χ1) is 43.3. The number of esters is 1. The molecule has 2 aliphatic heterocycles. The number of alkyl halides is 1. The van der Waals surface area contributed by atoms with E-state index in [2.05, 4.69) is 42.1 Å². The van der Waals surface area contributed by atoms with Crippen LogP contribution in [0.4, 0.5) is 0 Å². The Bertz CT molecular complexity index is 2470. The quantitative estimate of drug-likeness (QED) is 0.0250. The Hall–Kier alpha value is -4.98. The summed E-state index contributed by atoms with van der Waals surface area (Å²) in [6.07, 6.45) is 52.3. The maximum absolute atomic E-state index is 14.6. The average molecular weight is 1300 g/mol. The molecule has 5 rings (SSSR count). The Labute approximate surface area is 545 Å². The highest BCUT2D eigenvalue weighted by Gasteiger charge is 2.41. The molecule has 0 aliphatic carbocycles. The zero-order chi connectivity index (χ0) is 63.9. The molecule has 1 N–H and O–H groups in total. The first-order valence-corrected chi connectivity index (χ1v) is 36.7. The number of nitrogens with zero attached hydrogens (tertiary/aromatic N) is 2. The lowest BCUT2D eigenvalue weighted by Crippen LogP contribution is -2.52. The van der Waals surface area contributed by atoms with E-state index in [0.29, 0.717) is 42.1 Å². The van der Waals surface area contributed by atoms with Gasteiger partial charge in [0.15, 0.2) is 11.5 Å². The molecule has 3 aromatic rings. The van der Waals surface area contributed by atoms with Gasteiger partial charge in [-0.2, -0.15) is 5.01 Å². The standard InChI is InChI=1S/C75H116BrN3O10/c1-6-9-12-15-18-21-24-27-30-33-36-39-42-45-53-86-64-57-59(69(80)77-79-72(83)62-50-48-60-66-61(49-51-63(67(62)66)73(79)84)71(82)78(70(60)81)52-56-89-74(85)75(4,5)76)58-65(87-54-46-43-40-37-34-31-28-25-22-19-16-13-10-7-2)68(64)88-55-47-44-41-38-35-32-29-26-23-20-17-14-11-8-3/h48-51,57-58H,6-47,52-56H2,1-5H3,(H,77,80). The summed E-state index contributed by atoms with van der Waals surface area (Å²) in [7, 11) is 0. The summed E-state index contributed by atoms with van der Waals surface area (Å²) in [5, 5.41) is 1.04. The Balaban J connectivity index is 1.27. The molecule has 0 fully saturated rings. The summed E-state index contributed by atoms with van der Waals surface area (Å²) in [5.41, 5.74) is 3.08. The molecule has 0 saturated heterocycles. The van der Waals surface area contributed by atoms with Gasteiger partial charge < -0.3 is 18.9 Å². The number of hydrazine groups is 1. The number of hydrogen-bond acceptors (Lipinski definition) is 10. The van der Waals surface area contributed by atoms with Gasteiger partial charge in [0, 0.05) is 27.5 Å². The second-order valence-electron chi connectivity index (χ2n) is 26.0. The van der Waals surface area contributed by atoms with Crippen molar-refractivity contribution >= 4 is 62.2 Å². The molecule has 13 nitrogen and oxygen atoms in total. The molecule has 0 unspecified atom stereocenters. The van der Waals surface area contributed by atoms with Crippen molar-refractivity contribution < 1.29 is 47.7 Å².